The molecule has 0 N–H and O–H groups in total. The molecule has 0 unspecified atom stereocenters. The Morgan fingerprint density at radius 3 is 1.13 bits per heavy atom. The number of hydrogen-bond donors (Lipinski definition) is 0. The van der Waals surface area contributed by atoms with Gasteiger partial charge in [0, 0.05) is 0 Å². The highest BCUT2D eigenvalue weighted by Gasteiger charge is 2.57. The second-order valence-electron chi connectivity index (χ2n) is 14.6. The Bertz CT molecular complexity index is 1700. The zero-order valence-corrected chi connectivity index (χ0v) is 28.2. The van der Waals surface area contributed by atoms with E-state index < -0.39 is 44.7 Å². The maximum atomic E-state index is 6.68. The van der Waals surface area contributed by atoms with E-state index in [9.17, 15) is 0 Å². The van der Waals surface area contributed by atoms with Crippen LogP contribution in [0.4, 0.5) is 0 Å². The highest BCUT2D eigenvalue weighted by atomic mass is 28.3. The van der Waals surface area contributed by atoms with Crippen LogP contribution < -0.4 is 41.1 Å². The van der Waals surface area contributed by atoms with Crippen molar-refractivity contribution in [1.82, 2.24) is 0 Å². The van der Waals surface area contributed by atoms with Gasteiger partial charge >= 0.3 is 14.2 Å². The fourth-order valence-electron chi connectivity index (χ4n) is 6.95. The SMILES string of the molecule is CC1(C)OB(c2ccc3c(c2)[Si]2(c4ccccc4O3)c3ccccc3Oc3ccc(B4OC(C)(C)C(C)(C)O4)cc32)OC1(C)C. The van der Waals surface area contributed by atoms with E-state index in [0.717, 1.165) is 44.3 Å². The summed E-state index contributed by atoms with van der Waals surface area (Å²) in [6, 6.07) is 29.7. The van der Waals surface area contributed by atoms with Crippen molar-refractivity contribution in [3.05, 3.63) is 84.9 Å². The minimum atomic E-state index is -3.03. The molecule has 0 aromatic heterocycles. The van der Waals surface area contributed by atoms with Crippen molar-refractivity contribution < 1.29 is 28.1 Å². The maximum Gasteiger partial charge on any atom is 0.494 e. The van der Waals surface area contributed by atoms with Crippen LogP contribution in [0.25, 0.3) is 0 Å². The van der Waals surface area contributed by atoms with Gasteiger partial charge in [-0.1, -0.05) is 60.7 Å². The molecule has 6 nitrogen and oxygen atoms in total. The van der Waals surface area contributed by atoms with Gasteiger partial charge in [-0.3, -0.25) is 0 Å². The molecule has 0 amide bonds. The molecule has 0 bridgehead atoms. The van der Waals surface area contributed by atoms with Gasteiger partial charge in [0.15, 0.2) is 8.07 Å². The predicted octanol–water partition coefficient (Wildman–Crippen LogP) is 3.87. The first kappa shape index (κ1) is 29.1. The lowest BCUT2D eigenvalue weighted by molar-refractivity contribution is 0.00578. The van der Waals surface area contributed by atoms with Crippen molar-refractivity contribution in [2.24, 2.45) is 0 Å². The number of hydrogen-bond acceptors (Lipinski definition) is 6. The fraction of sp³-hybridized carbons (Fsp3) is 0.333. The van der Waals surface area contributed by atoms with Gasteiger partial charge in [0.1, 0.15) is 23.0 Å². The molecule has 2 saturated heterocycles. The van der Waals surface area contributed by atoms with Crippen LogP contribution in [0.15, 0.2) is 84.9 Å². The molecule has 45 heavy (non-hydrogen) atoms. The maximum absolute atomic E-state index is 6.68. The van der Waals surface area contributed by atoms with Gasteiger partial charge in [0.05, 0.1) is 22.4 Å². The number of para-hydroxylation sites is 2. The summed E-state index contributed by atoms with van der Waals surface area (Å²) in [5.41, 5.74) is 0.107. The number of benzene rings is 4. The van der Waals surface area contributed by atoms with E-state index in [1.807, 2.05) is 12.1 Å². The Morgan fingerprint density at radius 2 is 0.756 bits per heavy atom. The average Bonchev–Trinajstić information content (AvgIpc) is 3.36. The molecule has 0 saturated carbocycles. The Kier molecular flexibility index (Phi) is 6.05. The largest absolute Gasteiger partial charge is 0.494 e. The fourth-order valence-corrected chi connectivity index (χ4v) is 12.2. The highest BCUT2D eigenvalue weighted by Crippen LogP contribution is 2.40. The Hall–Kier alpha value is -3.33. The molecule has 1 spiro atoms. The summed E-state index contributed by atoms with van der Waals surface area (Å²) in [7, 11) is -4.04. The molecule has 228 valence electrons. The molecule has 4 aliphatic heterocycles. The normalized spacial score (nSPS) is 22.1. The van der Waals surface area contributed by atoms with Gasteiger partial charge in [-0.05, 0) is 111 Å². The van der Waals surface area contributed by atoms with Crippen molar-refractivity contribution >= 4 is 54.0 Å². The zero-order valence-electron chi connectivity index (χ0n) is 27.2. The van der Waals surface area contributed by atoms with Crippen LogP contribution in [0.5, 0.6) is 23.0 Å². The molecule has 4 aromatic rings. The van der Waals surface area contributed by atoms with Gasteiger partial charge in [0.2, 0.25) is 0 Å². The third kappa shape index (κ3) is 4.04. The zero-order chi connectivity index (χ0) is 31.6. The Morgan fingerprint density at radius 1 is 0.422 bits per heavy atom. The molecule has 4 aliphatic rings. The van der Waals surface area contributed by atoms with Crippen LogP contribution in [0, 0.1) is 0 Å². The van der Waals surface area contributed by atoms with E-state index in [2.05, 4.69) is 128 Å². The van der Waals surface area contributed by atoms with E-state index >= 15 is 0 Å². The van der Waals surface area contributed by atoms with Gasteiger partial charge in [-0.15, -0.1) is 0 Å². The predicted molar refractivity (Wildman–Crippen MR) is 182 cm³/mol. The van der Waals surface area contributed by atoms with Crippen LogP contribution >= 0.6 is 0 Å². The molecule has 4 heterocycles. The van der Waals surface area contributed by atoms with Crippen LogP contribution in [-0.4, -0.2) is 44.7 Å². The molecular formula is C36H38B2O6Si. The first-order valence-corrected chi connectivity index (χ1v) is 17.8. The van der Waals surface area contributed by atoms with Crippen LogP contribution in [0.3, 0.4) is 0 Å². The van der Waals surface area contributed by atoms with Crippen molar-refractivity contribution in [1.29, 1.82) is 0 Å². The van der Waals surface area contributed by atoms with Crippen molar-refractivity contribution in [2.45, 2.75) is 77.8 Å². The van der Waals surface area contributed by atoms with E-state index in [-0.39, 0.29) is 0 Å². The second-order valence-corrected chi connectivity index (χ2v) is 18.3. The van der Waals surface area contributed by atoms with Crippen molar-refractivity contribution in [3.63, 3.8) is 0 Å². The third-order valence-corrected chi connectivity index (χ3v) is 15.7. The molecule has 2 fully saturated rings. The first-order chi connectivity index (χ1) is 21.2. The van der Waals surface area contributed by atoms with E-state index in [1.54, 1.807) is 0 Å². The molecule has 0 radical (unpaired) electrons. The second kappa shape index (κ2) is 9.36. The summed E-state index contributed by atoms with van der Waals surface area (Å²) in [5.74, 6) is 3.40. The van der Waals surface area contributed by atoms with E-state index in [0.29, 0.717) is 0 Å². The van der Waals surface area contributed by atoms with Crippen LogP contribution in [0.2, 0.25) is 0 Å². The molecule has 8 rings (SSSR count). The van der Waals surface area contributed by atoms with Gasteiger partial charge in [-0.2, -0.15) is 0 Å². The highest BCUT2D eigenvalue weighted by molar-refractivity contribution is 7.21. The van der Waals surface area contributed by atoms with Gasteiger partial charge in [0.25, 0.3) is 0 Å². The van der Waals surface area contributed by atoms with Crippen molar-refractivity contribution in [3.8, 4) is 23.0 Å². The lowest BCUT2D eigenvalue weighted by atomic mass is 9.79. The first-order valence-electron chi connectivity index (χ1n) is 15.8. The standard InChI is InChI=1S/C36H38B2O6Si/c1-33(2)34(3,4)42-37(41-33)23-17-19-27-31(21-23)45(29-15-11-9-13-25(29)39-27)30-16-12-10-14-26(30)40-28-20-18-24(22-32(28)45)38-43-35(5,6)36(7,8)44-38/h9-22H,1-8H3. The minimum Gasteiger partial charge on any atom is -0.458 e. The molecule has 0 atom stereocenters. The lowest BCUT2D eigenvalue weighted by Crippen LogP contribution is -2.78. The number of ether oxygens (including phenoxy) is 2. The Balaban J connectivity index is 1.39. The van der Waals surface area contributed by atoms with E-state index in [1.165, 1.54) is 10.4 Å². The lowest BCUT2D eigenvalue weighted by Gasteiger charge is -2.43. The summed E-state index contributed by atoms with van der Waals surface area (Å²) in [6.45, 7) is 16.7. The van der Waals surface area contributed by atoms with Crippen molar-refractivity contribution in [2.75, 3.05) is 0 Å². The molecule has 9 heteroatoms. The minimum absolute atomic E-state index is 0.457. The summed E-state index contributed by atoms with van der Waals surface area (Å²) in [6.07, 6.45) is 0. The average molecular weight is 616 g/mol. The van der Waals surface area contributed by atoms with Gasteiger partial charge in [-0.25, -0.2) is 0 Å². The topological polar surface area (TPSA) is 55.4 Å². The van der Waals surface area contributed by atoms with E-state index in [4.69, 9.17) is 28.1 Å². The quantitative estimate of drug-likeness (QED) is 0.276. The monoisotopic (exact) mass is 616 g/mol. The third-order valence-electron chi connectivity index (χ3n) is 10.9. The number of rotatable bonds is 2. The molecular weight excluding hydrogens is 578 g/mol. The van der Waals surface area contributed by atoms with Gasteiger partial charge < -0.3 is 28.1 Å². The number of fused-ring (bicyclic) bond motifs is 8. The van der Waals surface area contributed by atoms with Crippen LogP contribution in [-0.2, 0) is 18.6 Å². The summed E-state index contributed by atoms with van der Waals surface area (Å²) < 4.78 is 39.5. The summed E-state index contributed by atoms with van der Waals surface area (Å²) in [4.78, 5) is 0. The summed E-state index contributed by atoms with van der Waals surface area (Å²) >= 11 is 0. The molecule has 0 aliphatic carbocycles. The Labute approximate surface area is 267 Å². The smallest absolute Gasteiger partial charge is 0.458 e. The van der Waals surface area contributed by atoms with Crippen LogP contribution in [0.1, 0.15) is 55.4 Å². The molecule has 4 aromatic carbocycles. The summed E-state index contributed by atoms with van der Waals surface area (Å²) in [5, 5.41) is 4.62.